The molecule has 51 heavy (non-hydrogen) atoms. The molecule has 0 atom stereocenters. The van der Waals surface area contributed by atoms with Gasteiger partial charge in [-0.15, -0.1) is 0 Å². The molecule has 0 fully saturated rings. The lowest BCUT2D eigenvalue weighted by Gasteiger charge is -2.12. The number of benzene rings is 2. The number of carboxylic acid groups (broad SMARTS) is 1. The van der Waals surface area contributed by atoms with Gasteiger partial charge in [0.15, 0.2) is 6.29 Å². The van der Waals surface area contributed by atoms with Gasteiger partial charge in [0.25, 0.3) is 5.91 Å². The second kappa shape index (κ2) is 15.5. The molecule has 0 aliphatic rings. The van der Waals surface area contributed by atoms with E-state index in [1.807, 2.05) is 42.9 Å². The molecule has 0 unspecified atom stereocenters. The van der Waals surface area contributed by atoms with Crippen LogP contribution < -0.4 is 16.4 Å². The number of carbonyl (C=O) groups excluding carboxylic acids is 3. The van der Waals surface area contributed by atoms with Crippen LogP contribution in [-0.2, 0) is 26.2 Å². The lowest BCUT2D eigenvalue weighted by atomic mass is 10.2. The summed E-state index contributed by atoms with van der Waals surface area (Å²) in [6, 6.07) is 13.4. The normalized spacial score (nSPS) is 11.0. The largest absolute Gasteiger partial charge is 0.478 e. The van der Waals surface area contributed by atoms with Crippen molar-refractivity contribution < 1.29 is 24.3 Å². The number of fused-ring (bicyclic) bond motifs is 2. The zero-order valence-electron chi connectivity index (χ0n) is 29.2. The molecule has 266 valence electrons. The van der Waals surface area contributed by atoms with E-state index in [1.165, 1.54) is 12.1 Å². The predicted octanol–water partition coefficient (Wildman–Crippen LogP) is 4.51. The number of nitrogens with one attached hydrogen (secondary N) is 2. The minimum absolute atomic E-state index is 0.116. The molecule has 6 rings (SSSR count). The molecular formula is C35H41N11O5. The van der Waals surface area contributed by atoms with Gasteiger partial charge in [-0.25, -0.2) is 14.8 Å². The molecular weight excluding hydrogens is 654 g/mol. The summed E-state index contributed by atoms with van der Waals surface area (Å²) in [6.07, 6.45) is 2.31. The van der Waals surface area contributed by atoms with Gasteiger partial charge in [-0.2, -0.15) is 10.2 Å². The summed E-state index contributed by atoms with van der Waals surface area (Å²) in [5, 5.41) is 23.9. The van der Waals surface area contributed by atoms with Crippen molar-refractivity contribution in [2.45, 2.75) is 66.7 Å². The Labute approximate surface area is 293 Å². The number of aromatic carboxylic acids is 1. The Morgan fingerprint density at radius 2 is 1.35 bits per heavy atom. The van der Waals surface area contributed by atoms with E-state index in [2.05, 4.69) is 30.8 Å². The number of hydrogen-bond donors (Lipinski definition) is 4. The fraction of sp³-hybridized carbons (Fsp3) is 0.314. The van der Waals surface area contributed by atoms with Gasteiger partial charge < -0.3 is 25.3 Å². The zero-order valence-corrected chi connectivity index (χ0v) is 29.2. The summed E-state index contributed by atoms with van der Waals surface area (Å²) < 4.78 is 7.24. The maximum Gasteiger partial charge on any atom is 0.335 e. The van der Waals surface area contributed by atoms with Gasteiger partial charge in [0, 0.05) is 38.8 Å². The Morgan fingerprint density at radius 1 is 0.804 bits per heavy atom. The van der Waals surface area contributed by atoms with Gasteiger partial charge in [-0.05, 0) is 89.1 Å². The number of anilines is 2. The average molecular weight is 696 g/mol. The van der Waals surface area contributed by atoms with Crippen LogP contribution in [0.2, 0.25) is 0 Å². The lowest BCUT2D eigenvalue weighted by Crippen LogP contribution is -2.20. The van der Waals surface area contributed by atoms with E-state index in [4.69, 9.17) is 5.73 Å². The summed E-state index contributed by atoms with van der Waals surface area (Å²) in [4.78, 5) is 55.8. The first-order valence-electron chi connectivity index (χ1n) is 16.5. The maximum atomic E-state index is 13.2. The standard InChI is InChI=1S/C28H31N9O4.C7H10N2O/c1-4-37-23(13-16(2)34-37)25(39)33-28-32-20-15-18(26(40)41)8-10-22(20)36(28)12-6-5-11-35-21-9-7-17(24(29)38)14-19(21)31-27(35)30-3;1-3-9-7(5-10)4-6(2)8-9/h7-10,13-15H,4-6,11-12H2,1-3H3,(H2,29,38)(H,30,31)(H,40,41)(H,32,33,39);4-5H,3H2,1-2H3. The number of nitrogens with two attached hydrogens (primary N) is 1. The third-order valence-electron chi connectivity index (χ3n) is 8.28. The quantitative estimate of drug-likeness (QED) is 0.0981. The van der Waals surface area contributed by atoms with Crippen LogP contribution in [0.1, 0.15) is 79.8 Å². The van der Waals surface area contributed by atoms with Crippen molar-refractivity contribution >= 4 is 58.0 Å². The first-order chi connectivity index (χ1) is 24.5. The smallest absolute Gasteiger partial charge is 0.335 e. The summed E-state index contributed by atoms with van der Waals surface area (Å²) >= 11 is 0. The summed E-state index contributed by atoms with van der Waals surface area (Å²) in [7, 11) is 1.79. The SMILES string of the molecule is CCn1nc(C)cc1C(=O)Nc1nc2cc(C(=O)O)ccc2n1CCCCn1c(NC)nc2cc(C(N)=O)ccc21.CCn1nc(C)cc1C=O. The van der Waals surface area contributed by atoms with Crippen LogP contribution in [0.15, 0.2) is 48.5 Å². The second-order valence-electron chi connectivity index (χ2n) is 11.8. The van der Waals surface area contributed by atoms with Crippen LogP contribution in [0.3, 0.4) is 0 Å². The third-order valence-corrected chi connectivity index (χ3v) is 8.28. The fourth-order valence-electron chi connectivity index (χ4n) is 5.87. The Hall–Kier alpha value is -6.32. The minimum atomic E-state index is -1.05. The number of unbranched alkanes of at least 4 members (excludes halogenated alkanes) is 1. The Bertz CT molecular complexity index is 2240. The van der Waals surface area contributed by atoms with Crippen molar-refractivity contribution in [1.82, 2.24) is 38.7 Å². The number of carboxylic acids is 1. The number of aldehydes is 1. The van der Waals surface area contributed by atoms with Crippen molar-refractivity contribution in [2.75, 3.05) is 17.7 Å². The van der Waals surface area contributed by atoms with Gasteiger partial charge in [0.05, 0.1) is 39.0 Å². The van der Waals surface area contributed by atoms with Crippen LogP contribution in [0.4, 0.5) is 11.9 Å². The monoisotopic (exact) mass is 695 g/mol. The minimum Gasteiger partial charge on any atom is -0.478 e. The molecule has 6 aromatic rings. The number of carbonyl (C=O) groups is 4. The molecule has 16 heteroatoms. The lowest BCUT2D eigenvalue weighted by molar-refractivity contribution is 0.0696. The molecule has 0 aliphatic heterocycles. The van der Waals surface area contributed by atoms with Crippen molar-refractivity contribution in [3.8, 4) is 0 Å². The Balaban J connectivity index is 0.000000435. The number of imidazole rings is 2. The number of rotatable bonds is 13. The van der Waals surface area contributed by atoms with Gasteiger partial charge in [-0.3, -0.25) is 29.1 Å². The summed E-state index contributed by atoms with van der Waals surface area (Å²) in [6.45, 7) is 10.0. The highest BCUT2D eigenvalue weighted by atomic mass is 16.4. The van der Waals surface area contributed by atoms with Gasteiger partial charge in [0.2, 0.25) is 17.8 Å². The van der Waals surface area contributed by atoms with E-state index in [-0.39, 0.29) is 11.5 Å². The first kappa shape index (κ1) is 36.0. The molecule has 2 amide bonds. The van der Waals surface area contributed by atoms with E-state index in [0.29, 0.717) is 65.0 Å². The van der Waals surface area contributed by atoms with E-state index >= 15 is 0 Å². The first-order valence-corrected chi connectivity index (χ1v) is 16.5. The fourth-order valence-corrected chi connectivity index (χ4v) is 5.87. The maximum absolute atomic E-state index is 13.2. The highest BCUT2D eigenvalue weighted by Crippen LogP contribution is 2.25. The molecule has 0 aliphatic carbocycles. The molecule has 0 spiro atoms. The van der Waals surface area contributed by atoms with Crippen LogP contribution >= 0.6 is 0 Å². The van der Waals surface area contributed by atoms with Crippen LogP contribution in [0.25, 0.3) is 22.1 Å². The number of amides is 2. The number of aryl methyl sites for hydroxylation is 6. The van der Waals surface area contributed by atoms with Crippen LogP contribution in [-0.4, -0.2) is 74.9 Å². The highest BCUT2D eigenvalue weighted by Gasteiger charge is 2.19. The van der Waals surface area contributed by atoms with Crippen LogP contribution in [0.5, 0.6) is 0 Å². The van der Waals surface area contributed by atoms with E-state index in [0.717, 1.165) is 42.6 Å². The molecule has 0 radical (unpaired) electrons. The molecule has 0 bridgehead atoms. The van der Waals surface area contributed by atoms with E-state index in [9.17, 15) is 24.3 Å². The molecule has 5 N–H and O–H groups in total. The van der Waals surface area contributed by atoms with E-state index < -0.39 is 11.9 Å². The summed E-state index contributed by atoms with van der Waals surface area (Å²) in [5.41, 5.74) is 11.4. The number of primary amides is 1. The van der Waals surface area contributed by atoms with Gasteiger partial charge in [0.1, 0.15) is 11.4 Å². The van der Waals surface area contributed by atoms with Crippen molar-refractivity contribution in [3.05, 3.63) is 82.4 Å². The summed E-state index contributed by atoms with van der Waals surface area (Å²) in [5.74, 6) is -0.900. The van der Waals surface area contributed by atoms with E-state index in [1.54, 1.807) is 46.7 Å². The number of hydrogen-bond acceptors (Lipinski definition) is 9. The Morgan fingerprint density at radius 3 is 1.90 bits per heavy atom. The van der Waals surface area contributed by atoms with Gasteiger partial charge >= 0.3 is 5.97 Å². The van der Waals surface area contributed by atoms with Crippen molar-refractivity contribution in [3.63, 3.8) is 0 Å². The van der Waals surface area contributed by atoms with Crippen LogP contribution in [0, 0.1) is 13.8 Å². The molecule has 16 nitrogen and oxygen atoms in total. The number of aromatic nitrogens is 8. The van der Waals surface area contributed by atoms with Gasteiger partial charge in [-0.1, -0.05) is 0 Å². The topological polar surface area (TPSA) is 210 Å². The highest BCUT2D eigenvalue weighted by molar-refractivity contribution is 6.03. The third kappa shape index (κ3) is 7.79. The Kier molecular flexibility index (Phi) is 10.9. The molecule has 4 heterocycles. The second-order valence-corrected chi connectivity index (χ2v) is 11.8. The zero-order chi connectivity index (χ0) is 36.8. The molecule has 2 aromatic carbocycles. The van der Waals surface area contributed by atoms with Crippen molar-refractivity contribution in [2.24, 2.45) is 5.73 Å². The molecule has 0 saturated carbocycles. The van der Waals surface area contributed by atoms with Crippen molar-refractivity contribution in [1.29, 1.82) is 0 Å². The predicted molar refractivity (Wildman–Crippen MR) is 192 cm³/mol. The molecule has 0 saturated heterocycles. The number of nitrogens with zero attached hydrogens (tertiary/aromatic N) is 8. The molecule has 4 aromatic heterocycles. The average Bonchev–Trinajstić information content (AvgIpc) is 3.88.